The van der Waals surface area contributed by atoms with Crippen LogP contribution in [-0.2, 0) is 4.79 Å². The minimum absolute atomic E-state index is 0.158. The molecule has 0 saturated heterocycles. The second kappa shape index (κ2) is 7.73. The minimum atomic E-state index is -0.836. The molecule has 0 saturated carbocycles. The first-order valence-electron chi connectivity index (χ1n) is 6.74. The molecule has 0 aromatic heterocycles. The van der Waals surface area contributed by atoms with Crippen molar-refractivity contribution in [3.05, 3.63) is 64.4 Å². The van der Waals surface area contributed by atoms with Crippen molar-refractivity contribution in [1.29, 1.82) is 0 Å². The summed E-state index contributed by atoms with van der Waals surface area (Å²) < 4.78 is 19.8. The molecule has 0 fully saturated rings. The number of nitrogens with one attached hydrogen (secondary N) is 2. The Labute approximate surface area is 140 Å². The lowest BCUT2D eigenvalue weighted by Crippen LogP contribution is -2.47. The third-order valence-corrected chi connectivity index (χ3v) is 3.44. The summed E-state index contributed by atoms with van der Waals surface area (Å²) in [6.45, 7) is 1.53. The van der Waals surface area contributed by atoms with Gasteiger partial charge < -0.3 is 4.74 Å². The molecule has 7 heteroatoms. The van der Waals surface area contributed by atoms with Gasteiger partial charge in [-0.05, 0) is 43.3 Å². The highest BCUT2D eigenvalue weighted by Crippen LogP contribution is 2.17. The Morgan fingerprint density at radius 3 is 2.39 bits per heavy atom. The monoisotopic (exact) mass is 380 g/mol. The Bertz CT molecular complexity index is 707. The molecule has 0 bridgehead atoms. The number of hydrazine groups is 1. The number of rotatable bonds is 4. The smallest absolute Gasteiger partial charge is 0.279 e. The van der Waals surface area contributed by atoms with Crippen molar-refractivity contribution in [2.45, 2.75) is 13.0 Å². The molecule has 0 aliphatic carbocycles. The molecular formula is C16H14BrFN2O3. The molecule has 5 nitrogen and oxygen atoms in total. The number of carbonyl (C=O) groups excluding carboxylic acids is 2. The minimum Gasteiger partial charge on any atom is -0.481 e. The van der Waals surface area contributed by atoms with E-state index in [1.165, 1.54) is 25.1 Å². The fourth-order valence-corrected chi connectivity index (χ4v) is 1.97. The Morgan fingerprint density at radius 2 is 1.74 bits per heavy atom. The molecule has 1 atom stereocenters. The molecular weight excluding hydrogens is 367 g/mol. The topological polar surface area (TPSA) is 67.4 Å². The quantitative estimate of drug-likeness (QED) is 0.801. The predicted molar refractivity (Wildman–Crippen MR) is 86.2 cm³/mol. The maximum absolute atomic E-state index is 13.4. The van der Waals surface area contributed by atoms with Gasteiger partial charge in [-0.1, -0.05) is 28.1 Å². The van der Waals surface area contributed by atoms with E-state index in [-0.39, 0.29) is 5.56 Å². The number of benzene rings is 2. The van der Waals surface area contributed by atoms with E-state index in [9.17, 15) is 14.0 Å². The Kier molecular flexibility index (Phi) is 5.70. The van der Waals surface area contributed by atoms with Crippen molar-refractivity contribution in [3.63, 3.8) is 0 Å². The Balaban J connectivity index is 1.87. The SMILES string of the molecule is CC(Oc1ccc(Br)cc1)C(=O)NNC(=O)c1ccccc1F. The van der Waals surface area contributed by atoms with Gasteiger partial charge in [-0.2, -0.15) is 0 Å². The van der Waals surface area contributed by atoms with Crippen molar-refractivity contribution in [2.24, 2.45) is 0 Å². The van der Waals surface area contributed by atoms with Crippen molar-refractivity contribution >= 4 is 27.7 Å². The van der Waals surface area contributed by atoms with E-state index >= 15 is 0 Å². The fraction of sp³-hybridized carbons (Fsp3) is 0.125. The van der Waals surface area contributed by atoms with Gasteiger partial charge in [0.15, 0.2) is 6.10 Å². The molecule has 0 radical (unpaired) electrons. The van der Waals surface area contributed by atoms with Gasteiger partial charge in [-0.3, -0.25) is 20.4 Å². The second-order valence-corrected chi connectivity index (χ2v) is 5.55. The van der Waals surface area contributed by atoms with Crippen molar-refractivity contribution in [3.8, 4) is 5.75 Å². The molecule has 0 aliphatic heterocycles. The molecule has 2 aromatic carbocycles. The highest BCUT2D eigenvalue weighted by Gasteiger charge is 2.17. The highest BCUT2D eigenvalue weighted by atomic mass is 79.9. The van der Waals surface area contributed by atoms with Crippen LogP contribution >= 0.6 is 15.9 Å². The van der Waals surface area contributed by atoms with Crippen LogP contribution in [0, 0.1) is 5.82 Å². The van der Waals surface area contributed by atoms with E-state index in [4.69, 9.17) is 4.74 Å². The molecule has 0 heterocycles. The molecule has 2 N–H and O–H groups in total. The van der Waals surface area contributed by atoms with E-state index in [0.717, 1.165) is 10.5 Å². The van der Waals surface area contributed by atoms with Gasteiger partial charge >= 0.3 is 0 Å². The molecule has 0 aliphatic rings. The number of halogens is 2. The third-order valence-electron chi connectivity index (χ3n) is 2.91. The largest absolute Gasteiger partial charge is 0.481 e. The van der Waals surface area contributed by atoms with Crippen molar-refractivity contribution < 1.29 is 18.7 Å². The Hall–Kier alpha value is -2.41. The number of hydrogen-bond donors (Lipinski definition) is 2. The average Bonchev–Trinajstić information content (AvgIpc) is 2.54. The summed E-state index contributed by atoms with van der Waals surface area (Å²) in [6, 6.07) is 12.4. The maximum Gasteiger partial charge on any atom is 0.279 e. The first-order chi connectivity index (χ1) is 11.0. The van der Waals surface area contributed by atoms with E-state index in [0.29, 0.717) is 5.75 Å². The number of carbonyl (C=O) groups is 2. The van der Waals surface area contributed by atoms with Crippen molar-refractivity contribution in [2.75, 3.05) is 0 Å². The van der Waals surface area contributed by atoms with Crippen LogP contribution in [0.4, 0.5) is 4.39 Å². The van der Waals surface area contributed by atoms with E-state index in [1.54, 1.807) is 24.3 Å². The molecule has 1 unspecified atom stereocenters. The van der Waals surface area contributed by atoms with E-state index in [2.05, 4.69) is 26.8 Å². The van der Waals surface area contributed by atoms with Crippen LogP contribution in [0.1, 0.15) is 17.3 Å². The van der Waals surface area contributed by atoms with Crippen LogP contribution < -0.4 is 15.6 Å². The third kappa shape index (κ3) is 4.79. The van der Waals surface area contributed by atoms with Crippen LogP contribution in [0.3, 0.4) is 0 Å². The van der Waals surface area contributed by atoms with Crippen molar-refractivity contribution in [1.82, 2.24) is 10.9 Å². The molecule has 2 amide bonds. The van der Waals surface area contributed by atoms with Crippen LogP contribution in [0.15, 0.2) is 53.0 Å². The highest BCUT2D eigenvalue weighted by molar-refractivity contribution is 9.10. The lowest BCUT2D eigenvalue weighted by molar-refractivity contribution is -0.128. The molecule has 0 spiro atoms. The van der Waals surface area contributed by atoms with Crippen LogP contribution in [0.5, 0.6) is 5.75 Å². The summed E-state index contributed by atoms with van der Waals surface area (Å²) in [5.74, 6) is -1.46. The number of hydrogen-bond acceptors (Lipinski definition) is 3. The van der Waals surface area contributed by atoms with Crippen LogP contribution in [-0.4, -0.2) is 17.9 Å². The normalized spacial score (nSPS) is 11.4. The fourth-order valence-electron chi connectivity index (χ4n) is 1.70. The summed E-state index contributed by atoms with van der Waals surface area (Å²) in [5.41, 5.74) is 4.19. The zero-order valence-corrected chi connectivity index (χ0v) is 13.8. The summed E-state index contributed by atoms with van der Waals surface area (Å²) in [5, 5.41) is 0. The zero-order valence-electron chi connectivity index (χ0n) is 12.2. The Morgan fingerprint density at radius 1 is 1.09 bits per heavy atom. The predicted octanol–water partition coefficient (Wildman–Crippen LogP) is 2.82. The lowest BCUT2D eigenvalue weighted by atomic mass is 10.2. The summed E-state index contributed by atoms with van der Waals surface area (Å²) in [7, 11) is 0. The van der Waals surface area contributed by atoms with E-state index in [1.807, 2.05) is 0 Å². The molecule has 2 aromatic rings. The first kappa shape index (κ1) is 17.0. The second-order valence-electron chi connectivity index (χ2n) is 4.64. The van der Waals surface area contributed by atoms with E-state index < -0.39 is 23.7 Å². The zero-order chi connectivity index (χ0) is 16.8. The molecule has 120 valence electrons. The first-order valence-corrected chi connectivity index (χ1v) is 7.53. The lowest BCUT2D eigenvalue weighted by Gasteiger charge is -2.15. The van der Waals surface area contributed by atoms with Crippen LogP contribution in [0.25, 0.3) is 0 Å². The van der Waals surface area contributed by atoms with Crippen LogP contribution in [0.2, 0.25) is 0 Å². The number of ether oxygens (including phenoxy) is 1. The van der Waals surface area contributed by atoms with Gasteiger partial charge in [0, 0.05) is 4.47 Å². The van der Waals surface area contributed by atoms with Gasteiger partial charge in [-0.25, -0.2) is 4.39 Å². The standard InChI is InChI=1S/C16H14BrFN2O3/c1-10(23-12-8-6-11(17)7-9-12)15(21)19-20-16(22)13-4-2-3-5-14(13)18/h2-10H,1H3,(H,19,21)(H,20,22). The summed E-state index contributed by atoms with van der Waals surface area (Å²) in [4.78, 5) is 23.7. The van der Waals surface area contributed by atoms with Gasteiger partial charge in [0.25, 0.3) is 11.8 Å². The summed E-state index contributed by atoms with van der Waals surface area (Å²) in [6.07, 6.45) is -0.836. The maximum atomic E-state index is 13.4. The molecule has 2 rings (SSSR count). The summed E-state index contributed by atoms with van der Waals surface area (Å²) >= 11 is 3.30. The van der Waals surface area contributed by atoms with Gasteiger partial charge in [0.05, 0.1) is 5.56 Å². The molecule has 23 heavy (non-hydrogen) atoms. The number of amides is 2. The van der Waals surface area contributed by atoms with Gasteiger partial charge in [-0.15, -0.1) is 0 Å². The van der Waals surface area contributed by atoms with Gasteiger partial charge in [0.2, 0.25) is 0 Å². The average molecular weight is 381 g/mol. The van der Waals surface area contributed by atoms with Gasteiger partial charge in [0.1, 0.15) is 11.6 Å².